The van der Waals surface area contributed by atoms with Crippen molar-refractivity contribution in [2.24, 2.45) is 0 Å². The van der Waals surface area contributed by atoms with Crippen LogP contribution in [0.2, 0.25) is 0 Å². The molecule has 18 heavy (non-hydrogen) atoms. The van der Waals surface area contributed by atoms with Crippen molar-refractivity contribution in [2.75, 3.05) is 0 Å². The van der Waals surface area contributed by atoms with Crippen LogP contribution in [0.4, 0.5) is 0 Å². The molecule has 0 aliphatic heterocycles. The molecule has 0 aliphatic rings. The maximum Gasteiger partial charge on any atom is 0.328 e. The molecule has 0 amide bonds. The van der Waals surface area contributed by atoms with Crippen molar-refractivity contribution in [1.82, 2.24) is 0 Å². The Labute approximate surface area is 140 Å². The van der Waals surface area contributed by atoms with Crippen LogP contribution in [0.25, 0.3) is 0 Å². The standard InChI is InChI=1S/C4H4O4.2C4H9.2Ti/c5-3(6)1-2-4(7)8;2*1-4(2)3;;/h1-2H,(H,5,6)(H,7,8);2*1-3H3;;/q;2*-1;;/b2-1-;;;;. The summed E-state index contributed by atoms with van der Waals surface area (Å²) in [5.41, 5.74) is 0. The molecule has 0 fully saturated rings. The Morgan fingerprint density at radius 1 is 0.722 bits per heavy atom. The van der Waals surface area contributed by atoms with Crippen LogP contribution in [0.5, 0.6) is 0 Å². The van der Waals surface area contributed by atoms with E-state index in [1.807, 2.05) is 0 Å². The van der Waals surface area contributed by atoms with E-state index in [1.54, 1.807) is 0 Å². The minimum Gasteiger partial charge on any atom is -0.478 e. The summed E-state index contributed by atoms with van der Waals surface area (Å²) < 4.78 is 0. The molecule has 0 bridgehead atoms. The summed E-state index contributed by atoms with van der Waals surface area (Å²) >= 11 is 0. The maximum absolute atomic E-state index is 9.55. The van der Waals surface area contributed by atoms with Gasteiger partial charge in [-0.1, -0.05) is 0 Å². The Kier molecular flexibility index (Phi) is 38.2. The molecule has 0 aromatic heterocycles. The number of carboxylic acid groups (broad SMARTS) is 2. The van der Waals surface area contributed by atoms with E-state index in [-0.39, 0.29) is 43.4 Å². The van der Waals surface area contributed by atoms with Crippen LogP contribution < -0.4 is 0 Å². The summed E-state index contributed by atoms with van der Waals surface area (Å²) in [7, 11) is 0. The van der Waals surface area contributed by atoms with Crippen molar-refractivity contribution in [3.63, 3.8) is 0 Å². The topological polar surface area (TPSA) is 74.6 Å². The molecule has 6 heteroatoms. The summed E-state index contributed by atoms with van der Waals surface area (Å²) in [6.07, 6.45) is 1.12. The predicted octanol–water partition coefficient (Wildman–Crippen LogP) is 2.95. The summed E-state index contributed by atoms with van der Waals surface area (Å²) in [6.45, 7) is 12.5. The Bertz CT molecular complexity index is 187. The fourth-order valence-corrected chi connectivity index (χ4v) is 0.143. The molecular formula is C12H22O4Ti2-2. The Hall–Kier alpha value is 0.109. The quantitative estimate of drug-likeness (QED) is 0.465. The zero-order valence-electron chi connectivity index (χ0n) is 11.9. The molecule has 0 saturated carbocycles. The van der Waals surface area contributed by atoms with Crippen molar-refractivity contribution in [3.8, 4) is 0 Å². The summed E-state index contributed by atoms with van der Waals surface area (Å²) in [5.74, 6) is 0.319. The van der Waals surface area contributed by atoms with Crippen molar-refractivity contribution >= 4 is 11.9 Å². The fraction of sp³-hybridized carbons (Fsp3) is 0.500. The van der Waals surface area contributed by atoms with E-state index in [0.717, 1.165) is 0 Å². The van der Waals surface area contributed by atoms with Gasteiger partial charge in [-0.15, -0.1) is 0 Å². The smallest absolute Gasteiger partial charge is 0.328 e. The third-order valence-electron chi connectivity index (χ3n) is 0.368. The number of hydrogen-bond donors (Lipinski definition) is 2. The van der Waals surface area contributed by atoms with Crippen LogP contribution in [0, 0.1) is 11.8 Å². The predicted molar refractivity (Wildman–Crippen MR) is 64.9 cm³/mol. The summed E-state index contributed by atoms with van der Waals surface area (Å²) in [6, 6.07) is 0. The van der Waals surface area contributed by atoms with Gasteiger partial charge in [0.1, 0.15) is 0 Å². The fourth-order valence-electron chi connectivity index (χ4n) is 0.143. The average molecular weight is 326 g/mol. The van der Waals surface area contributed by atoms with Gasteiger partial charge in [0.25, 0.3) is 0 Å². The minimum absolute atomic E-state index is 0. The summed E-state index contributed by atoms with van der Waals surface area (Å²) in [4.78, 5) is 19.1. The Morgan fingerprint density at radius 2 is 0.833 bits per heavy atom. The molecule has 0 atom stereocenters. The molecule has 0 spiro atoms. The van der Waals surface area contributed by atoms with Crippen LogP contribution >= 0.6 is 0 Å². The van der Waals surface area contributed by atoms with Gasteiger partial charge < -0.3 is 22.0 Å². The number of carboxylic acids is 2. The number of carbonyl (C=O) groups is 2. The van der Waals surface area contributed by atoms with Crippen molar-refractivity contribution in [3.05, 3.63) is 24.0 Å². The van der Waals surface area contributed by atoms with Crippen molar-refractivity contribution < 1.29 is 63.2 Å². The van der Waals surface area contributed by atoms with Gasteiger partial charge in [-0.2, -0.15) is 41.5 Å². The first-order valence-corrected chi connectivity index (χ1v) is 4.77. The molecule has 0 aromatic carbocycles. The zero-order valence-corrected chi connectivity index (χ0v) is 15.0. The van der Waals surface area contributed by atoms with Crippen molar-refractivity contribution in [2.45, 2.75) is 41.5 Å². The van der Waals surface area contributed by atoms with Crippen LogP contribution in [-0.2, 0) is 53.0 Å². The number of hydrogen-bond acceptors (Lipinski definition) is 2. The number of aliphatic carboxylic acids is 2. The van der Waals surface area contributed by atoms with E-state index in [0.29, 0.717) is 12.2 Å². The van der Waals surface area contributed by atoms with Gasteiger partial charge in [0, 0.05) is 55.6 Å². The summed E-state index contributed by atoms with van der Waals surface area (Å²) in [5, 5.41) is 15.6. The molecular weight excluding hydrogens is 304 g/mol. The van der Waals surface area contributed by atoms with Gasteiger partial charge in [-0.05, 0) is 0 Å². The first-order valence-electron chi connectivity index (χ1n) is 4.77. The van der Waals surface area contributed by atoms with Gasteiger partial charge in [-0.3, -0.25) is 0 Å². The van der Waals surface area contributed by atoms with Gasteiger partial charge >= 0.3 is 11.9 Å². The van der Waals surface area contributed by atoms with E-state index in [1.165, 1.54) is 11.8 Å². The van der Waals surface area contributed by atoms with Gasteiger partial charge in [0.2, 0.25) is 0 Å². The van der Waals surface area contributed by atoms with Crippen LogP contribution in [0.15, 0.2) is 12.2 Å². The average Bonchev–Trinajstić information content (AvgIpc) is 1.98. The maximum atomic E-state index is 9.55. The van der Waals surface area contributed by atoms with E-state index < -0.39 is 11.9 Å². The van der Waals surface area contributed by atoms with Crippen LogP contribution in [-0.4, -0.2) is 22.2 Å². The van der Waals surface area contributed by atoms with Gasteiger partial charge in [0.05, 0.1) is 0 Å². The third kappa shape index (κ3) is 141. The second-order valence-corrected chi connectivity index (χ2v) is 4.01. The van der Waals surface area contributed by atoms with E-state index in [9.17, 15) is 9.59 Å². The second-order valence-electron chi connectivity index (χ2n) is 4.01. The first-order chi connectivity index (χ1) is 7.09. The SMILES string of the molecule is C[C-](C)C.C[C-](C)C.O=C(O)/C=C\C(=O)O.[Ti].[Ti]. The zero-order chi connectivity index (χ0) is 13.7. The molecule has 2 N–H and O–H groups in total. The molecule has 4 nitrogen and oxygen atoms in total. The third-order valence-corrected chi connectivity index (χ3v) is 0.368. The molecule has 0 aliphatic carbocycles. The second kappa shape index (κ2) is 22.3. The van der Waals surface area contributed by atoms with Gasteiger partial charge in [0.15, 0.2) is 0 Å². The molecule has 0 aromatic rings. The van der Waals surface area contributed by atoms with Crippen molar-refractivity contribution in [1.29, 1.82) is 0 Å². The Balaban J connectivity index is -0.0000000489. The minimum atomic E-state index is -1.26. The molecule has 0 heterocycles. The molecule has 104 valence electrons. The number of rotatable bonds is 2. The Morgan fingerprint density at radius 3 is 0.889 bits per heavy atom. The molecule has 0 unspecified atom stereocenters. The normalized spacial score (nSPS) is 8.22. The van der Waals surface area contributed by atoms with E-state index in [2.05, 4.69) is 41.5 Å². The first kappa shape index (κ1) is 30.8. The largest absolute Gasteiger partial charge is 0.478 e. The van der Waals surface area contributed by atoms with E-state index in [4.69, 9.17) is 10.2 Å². The molecule has 0 rings (SSSR count). The molecule has 0 radical (unpaired) electrons. The van der Waals surface area contributed by atoms with Gasteiger partial charge in [-0.25, -0.2) is 9.59 Å². The monoisotopic (exact) mass is 326 g/mol. The van der Waals surface area contributed by atoms with Crippen LogP contribution in [0.1, 0.15) is 41.5 Å². The van der Waals surface area contributed by atoms with Crippen LogP contribution in [0.3, 0.4) is 0 Å². The van der Waals surface area contributed by atoms with E-state index >= 15 is 0 Å². The molecule has 0 saturated heterocycles.